The maximum absolute atomic E-state index is 11.5. The molecule has 5 heteroatoms. The molecule has 0 aromatic rings. The van der Waals surface area contributed by atoms with Crippen LogP contribution in [0.2, 0.25) is 0 Å². The summed E-state index contributed by atoms with van der Waals surface area (Å²) in [5.74, 6) is 1.02. The number of hydrogen-bond acceptors (Lipinski definition) is 4. The minimum atomic E-state index is -0.0712. The number of hydrogen-bond donors (Lipinski definition) is 1. The third kappa shape index (κ3) is 3.31. The molecule has 0 aromatic heterocycles. The first-order valence-electron chi connectivity index (χ1n) is 4.78. The first-order chi connectivity index (χ1) is 6.61. The van der Waals surface area contributed by atoms with E-state index in [1.54, 1.807) is 0 Å². The van der Waals surface area contributed by atoms with Gasteiger partial charge < -0.3 is 5.73 Å². The Bertz CT molecular complexity index is 231. The number of imide groups is 1. The summed E-state index contributed by atoms with van der Waals surface area (Å²) < 4.78 is 0. The summed E-state index contributed by atoms with van der Waals surface area (Å²) in [5.41, 5.74) is 5.55. The van der Waals surface area contributed by atoms with Gasteiger partial charge in [-0.3, -0.25) is 14.5 Å². The number of nitrogens with two attached hydrogens (primary N) is 1. The fourth-order valence-corrected chi connectivity index (χ4v) is 2.14. The van der Waals surface area contributed by atoms with Crippen molar-refractivity contribution in [3.05, 3.63) is 0 Å². The molecule has 0 spiro atoms. The number of rotatable bonds is 4. The number of likely N-dealkylation sites (tertiary alicyclic amines) is 1. The van der Waals surface area contributed by atoms with Gasteiger partial charge in [0.2, 0.25) is 11.8 Å². The van der Waals surface area contributed by atoms with E-state index in [2.05, 4.69) is 0 Å². The number of carbonyl (C=O) groups is 2. The van der Waals surface area contributed by atoms with Gasteiger partial charge >= 0.3 is 0 Å². The summed E-state index contributed by atoms with van der Waals surface area (Å²) in [6, 6.07) is 0.0991. The average Bonchev–Trinajstić information content (AvgIpc) is 2.50. The highest BCUT2D eigenvalue weighted by molar-refractivity contribution is 7.99. The van der Waals surface area contributed by atoms with Crippen LogP contribution in [-0.2, 0) is 9.59 Å². The third-order valence-electron chi connectivity index (χ3n) is 1.98. The number of thioether (sulfide) groups is 1. The van der Waals surface area contributed by atoms with Crippen molar-refractivity contribution < 1.29 is 9.59 Å². The molecule has 0 aromatic carbocycles. The Hall–Kier alpha value is -0.550. The number of carbonyl (C=O) groups excluding carboxylic acids is 2. The second-order valence-electron chi connectivity index (χ2n) is 3.54. The van der Waals surface area contributed by atoms with Gasteiger partial charge in [0.15, 0.2) is 0 Å². The lowest BCUT2D eigenvalue weighted by molar-refractivity contribution is -0.140. The Labute approximate surface area is 88.2 Å². The quantitative estimate of drug-likeness (QED) is 0.730. The lowest BCUT2D eigenvalue weighted by Gasteiger charge is -2.13. The molecule has 80 valence electrons. The summed E-state index contributed by atoms with van der Waals surface area (Å²) in [4.78, 5) is 24.0. The van der Waals surface area contributed by atoms with E-state index in [4.69, 9.17) is 5.73 Å². The van der Waals surface area contributed by atoms with Crippen LogP contribution in [-0.4, -0.2) is 40.8 Å². The molecule has 0 aliphatic carbocycles. The molecule has 0 saturated carbocycles. The van der Waals surface area contributed by atoms with Gasteiger partial charge in [-0.15, -0.1) is 0 Å². The molecule has 0 radical (unpaired) electrons. The van der Waals surface area contributed by atoms with Crippen LogP contribution >= 0.6 is 11.8 Å². The maximum Gasteiger partial charge on any atom is 0.239 e. The Kier molecular flexibility index (Phi) is 4.41. The predicted octanol–water partition coefficient (Wildman–Crippen LogP) is 0.216. The van der Waals surface area contributed by atoms with Crippen LogP contribution in [0.3, 0.4) is 0 Å². The molecule has 1 unspecified atom stereocenters. The molecular formula is C9H16N2O2S. The van der Waals surface area contributed by atoms with E-state index in [9.17, 15) is 9.59 Å². The van der Waals surface area contributed by atoms with Crippen LogP contribution < -0.4 is 5.73 Å². The monoisotopic (exact) mass is 216 g/mol. The minimum Gasteiger partial charge on any atom is -0.327 e. The van der Waals surface area contributed by atoms with Gasteiger partial charge in [-0.25, -0.2) is 0 Å². The van der Waals surface area contributed by atoms with Gasteiger partial charge in [0.25, 0.3) is 0 Å². The van der Waals surface area contributed by atoms with Crippen LogP contribution in [0.4, 0.5) is 0 Å². The summed E-state index contributed by atoms with van der Waals surface area (Å²) in [5, 5.41) is 0. The molecule has 1 aliphatic rings. The van der Waals surface area contributed by atoms with E-state index in [1.165, 1.54) is 16.7 Å². The van der Waals surface area contributed by atoms with Crippen molar-refractivity contribution in [2.75, 3.05) is 18.1 Å². The molecule has 2 amide bonds. The van der Waals surface area contributed by atoms with Crippen LogP contribution in [0.25, 0.3) is 0 Å². The smallest absolute Gasteiger partial charge is 0.239 e. The highest BCUT2D eigenvalue weighted by Gasteiger charge is 2.25. The molecule has 1 saturated heterocycles. The second kappa shape index (κ2) is 5.36. The third-order valence-corrected chi connectivity index (χ3v) is 3.19. The highest BCUT2D eigenvalue weighted by atomic mass is 32.2. The zero-order valence-electron chi connectivity index (χ0n) is 8.36. The van der Waals surface area contributed by atoms with E-state index >= 15 is 0 Å². The van der Waals surface area contributed by atoms with Crippen LogP contribution in [0, 0.1) is 0 Å². The van der Waals surface area contributed by atoms with Crippen LogP contribution in [0.1, 0.15) is 19.8 Å². The van der Waals surface area contributed by atoms with Gasteiger partial charge in [-0.2, -0.15) is 11.8 Å². The average molecular weight is 216 g/mol. The lowest BCUT2D eigenvalue weighted by atomic mass is 10.4. The number of nitrogens with zero attached hydrogens (tertiary/aromatic N) is 1. The van der Waals surface area contributed by atoms with Crippen molar-refractivity contribution >= 4 is 23.6 Å². The lowest BCUT2D eigenvalue weighted by Crippen LogP contribution is -2.33. The van der Waals surface area contributed by atoms with E-state index < -0.39 is 0 Å². The molecule has 1 atom stereocenters. The Morgan fingerprint density at radius 1 is 1.71 bits per heavy atom. The zero-order valence-corrected chi connectivity index (χ0v) is 9.18. The van der Waals surface area contributed by atoms with Gasteiger partial charge in [0.05, 0.1) is 5.75 Å². The van der Waals surface area contributed by atoms with Gasteiger partial charge in [-0.1, -0.05) is 0 Å². The van der Waals surface area contributed by atoms with E-state index in [0.717, 1.165) is 12.2 Å². The predicted molar refractivity (Wildman–Crippen MR) is 56.9 cm³/mol. The van der Waals surface area contributed by atoms with Crippen molar-refractivity contribution in [2.24, 2.45) is 5.73 Å². The van der Waals surface area contributed by atoms with E-state index in [-0.39, 0.29) is 17.9 Å². The fraction of sp³-hybridized carbons (Fsp3) is 0.778. The van der Waals surface area contributed by atoms with Crippen molar-refractivity contribution in [1.29, 1.82) is 0 Å². The normalized spacial score (nSPS) is 18.7. The summed E-state index contributed by atoms with van der Waals surface area (Å²) in [7, 11) is 0. The van der Waals surface area contributed by atoms with Crippen molar-refractivity contribution in [2.45, 2.75) is 25.8 Å². The van der Waals surface area contributed by atoms with E-state index in [1.807, 2.05) is 6.92 Å². The summed E-state index contributed by atoms with van der Waals surface area (Å²) in [6.45, 7) is 2.49. The second-order valence-corrected chi connectivity index (χ2v) is 4.57. The topological polar surface area (TPSA) is 63.4 Å². The highest BCUT2D eigenvalue weighted by Crippen LogP contribution is 2.12. The largest absolute Gasteiger partial charge is 0.327 e. The first-order valence-corrected chi connectivity index (χ1v) is 5.93. The van der Waals surface area contributed by atoms with Gasteiger partial charge in [-0.05, 0) is 13.3 Å². The van der Waals surface area contributed by atoms with E-state index in [0.29, 0.717) is 18.7 Å². The Balaban J connectivity index is 2.24. The van der Waals surface area contributed by atoms with Crippen molar-refractivity contribution in [3.63, 3.8) is 0 Å². The Morgan fingerprint density at radius 3 is 2.93 bits per heavy atom. The van der Waals surface area contributed by atoms with Crippen LogP contribution in [0.5, 0.6) is 0 Å². The Morgan fingerprint density at radius 2 is 2.43 bits per heavy atom. The molecule has 2 N–H and O–H groups in total. The van der Waals surface area contributed by atoms with Crippen molar-refractivity contribution in [1.82, 2.24) is 4.90 Å². The standard InChI is InChI=1S/C9H16N2O2S/c1-7(10)5-14-6-9(13)11-4-2-3-8(11)12/h7H,2-6,10H2,1H3. The van der Waals surface area contributed by atoms with Gasteiger partial charge in [0.1, 0.15) is 0 Å². The number of amides is 2. The summed E-state index contributed by atoms with van der Waals surface area (Å²) in [6.07, 6.45) is 1.33. The minimum absolute atomic E-state index is 0.0311. The van der Waals surface area contributed by atoms with Gasteiger partial charge in [0, 0.05) is 24.8 Å². The molecule has 1 rings (SSSR count). The molecule has 1 heterocycles. The SMILES string of the molecule is CC(N)CSCC(=O)N1CCCC1=O. The molecule has 14 heavy (non-hydrogen) atoms. The molecule has 4 nitrogen and oxygen atoms in total. The molecular weight excluding hydrogens is 200 g/mol. The molecule has 0 bridgehead atoms. The maximum atomic E-state index is 11.5. The summed E-state index contributed by atoms with van der Waals surface area (Å²) >= 11 is 1.49. The molecule has 1 aliphatic heterocycles. The first kappa shape index (κ1) is 11.5. The van der Waals surface area contributed by atoms with Crippen molar-refractivity contribution in [3.8, 4) is 0 Å². The van der Waals surface area contributed by atoms with Crippen LogP contribution in [0.15, 0.2) is 0 Å². The fourth-order valence-electron chi connectivity index (χ4n) is 1.32. The molecule has 1 fully saturated rings. The zero-order chi connectivity index (χ0) is 10.6.